The molecule has 1 heterocycles. The molecule has 0 saturated heterocycles. The average molecular weight is 344 g/mol. The molecule has 0 aliphatic heterocycles. The van der Waals surface area contributed by atoms with E-state index in [0.717, 1.165) is 17.1 Å². The highest BCUT2D eigenvalue weighted by atomic mass is 16.5. The number of hydrogen-bond acceptors (Lipinski definition) is 4. The molecule has 0 amide bonds. The third kappa shape index (κ3) is 5.17. The van der Waals surface area contributed by atoms with Crippen LogP contribution < -0.4 is 10.3 Å². The summed E-state index contributed by atoms with van der Waals surface area (Å²) < 4.78 is 7.33. The zero-order valence-corrected chi connectivity index (χ0v) is 14.9. The van der Waals surface area contributed by atoms with Crippen molar-refractivity contribution >= 4 is 5.97 Å². The normalized spacial score (nSPS) is 12.0. The molecule has 1 atom stereocenters. The topological polar surface area (TPSA) is 81.4 Å². The summed E-state index contributed by atoms with van der Waals surface area (Å²) in [5, 5.41) is 8.95. The predicted octanol–water partition coefficient (Wildman–Crippen LogP) is 2.46. The van der Waals surface area contributed by atoms with Crippen LogP contribution in [0.1, 0.15) is 30.9 Å². The van der Waals surface area contributed by atoms with Gasteiger partial charge in [0.1, 0.15) is 18.2 Å². The molecule has 0 fully saturated rings. The molecule has 0 bridgehead atoms. The number of ether oxygens (including phenoxy) is 1. The fourth-order valence-corrected chi connectivity index (χ4v) is 2.61. The fraction of sp³-hybridized carbons (Fsp3) is 0.421. The molecule has 2 aromatic rings. The van der Waals surface area contributed by atoms with Crippen LogP contribution in [0.3, 0.4) is 0 Å². The molecule has 6 nitrogen and oxygen atoms in total. The van der Waals surface area contributed by atoms with Crippen molar-refractivity contribution in [2.24, 2.45) is 5.92 Å². The lowest BCUT2D eigenvalue weighted by molar-refractivity contribution is -0.141. The van der Waals surface area contributed by atoms with E-state index in [4.69, 9.17) is 9.84 Å². The van der Waals surface area contributed by atoms with Gasteiger partial charge in [-0.25, -0.2) is 4.98 Å². The van der Waals surface area contributed by atoms with Gasteiger partial charge in [0, 0.05) is 18.2 Å². The van der Waals surface area contributed by atoms with Crippen molar-refractivity contribution in [3.8, 4) is 5.75 Å². The van der Waals surface area contributed by atoms with Gasteiger partial charge in [-0.2, -0.15) is 0 Å². The van der Waals surface area contributed by atoms with Gasteiger partial charge in [0.2, 0.25) is 0 Å². The van der Waals surface area contributed by atoms with Crippen molar-refractivity contribution < 1.29 is 14.6 Å². The Morgan fingerprint density at radius 3 is 2.60 bits per heavy atom. The van der Waals surface area contributed by atoms with E-state index in [-0.39, 0.29) is 5.56 Å². The van der Waals surface area contributed by atoms with Crippen molar-refractivity contribution in [1.82, 2.24) is 9.55 Å². The van der Waals surface area contributed by atoms with Gasteiger partial charge in [-0.05, 0) is 31.0 Å². The van der Waals surface area contributed by atoms with Crippen molar-refractivity contribution in [2.45, 2.75) is 40.2 Å². The number of benzene rings is 1. The number of rotatable bonds is 8. The molecule has 1 N–H and O–H groups in total. The lowest BCUT2D eigenvalue weighted by Crippen LogP contribution is -2.27. The number of aromatic nitrogens is 2. The van der Waals surface area contributed by atoms with Crippen LogP contribution in [-0.2, 0) is 24.2 Å². The fourth-order valence-electron chi connectivity index (χ4n) is 2.61. The summed E-state index contributed by atoms with van der Waals surface area (Å²) in [6.45, 7) is 6.27. The van der Waals surface area contributed by atoms with Crippen molar-refractivity contribution in [3.05, 3.63) is 57.8 Å². The highest BCUT2D eigenvalue weighted by Gasteiger charge is 2.11. The molecule has 1 aromatic heterocycles. The van der Waals surface area contributed by atoms with Crippen molar-refractivity contribution in [2.75, 3.05) is 6.61 Å². The molecule has 25 heavy (non-hydrogen) atoms. The molecule has 0 saturated carbocycles. The van der Waals surface area contributed by atoms with Gasteiger partial charge >= 0.3 is 5.97 Å². The average Bonchev–Trinajstić information content (AvgIpc) is 2.57. The first kappa shape index (κ1) is 18.7. The lowest BCUT2D eigenvalue weighted by atomic mass is 10.0. The molecule has 2 rings (SSSR count). The van der Waals surface area contributed by atoms with Gasteiger partial charge in [-0.3, -0.25) is 14.2 Å². The van der Waals surface area contributed by atoms with Gasteiger partial charge in [-0.15, -0.1) is 0 Å². The van der Waals surface area contributed by atoms with Crippen LogP contribution in [0.4, 0.5) is 0 Å². The molecule has 0 radical (unpaired) electrons. The second-order valence-corrected chi connectivity index (χ2v) is 6.09. The molecule has 0 aliphatic carbocycles. The van der Waals surface area contributed by atoms with Crippen molar-refractivity contribution in [1.29, 1.82) is 0 Å². The van der Waals surface area contributed by atoms with E-state index in [0.29, 0.717) is 31.7 Å². The van der Waals surface area contributed by atoms with E-state index in [1.165, 1.54) is 6.07 Å². The summed E-state index contributed by atoms with van der Waals surface area (Å²) in [6.07, 6.45) is 1.17. The van der Waals surface area contributed by atoms with Gasteiger partial charge in [0.15, 0.2) is 0 Å². The molecule has 0 spiro atoms. The summed E-state index contributed by atoms with van der Waals surface area (Å²) >= 11 is 0. The van der Waals surface area contributed by atoms with Crippen LogP contribution in [0.15, 0.2) is 35.1 Å². The summed E-state index contributed by atoms with van der Waals surface area (Å²) in [7, 11) is 0. The lowest BCUT2D eigenvalue weighted by Gasteiger charge is -2.13. The Morgan fingerprint density at radius 2 is 2.00 bits per heavy atom. The highest BCUT2D eigenvalue weighted by molar-refractivity contribution is 5.69. The predicted molar refractivity (Wildman–Crippen MR) is 95.1 cm³/mol. The quantitative estimate of drug-likeness (QED) is 0.795. The maximum Gasteiger partial charge on any atom is 0.306 e. The minimum absolute atomic E-state index is 0.0639. The van der Waals surface area contributed by atoms with Gasteiger partial charge in [0.05, 0.1) is 12.5 Å². The smallest absolute Gasteiger partial charge is 0.306 e. The Morgan fingerprint density at radius 1 is 1.32 bits per heavy atom. The monoisotopic (exact) mass is 344 g/mol. The van der Waals surface area contributed by atoms with E-state index in [1.807, 2.05) is 38.1 Å². The Bertz CT molecular complexity index is 781. The summed E-state index contributed by atoms with van der Waals surface area (Å²) in [6, 6.07) is 8.90. The Kier molecular flexibility index (Phi) is 6.33. The third-order valence-electron chi connectivity index (χ3n) is 4.00. The number of nitrogens with zero attached hydrogens (tertiary/aromatic N) is 2. The number of aliphatic carboxylic acids is 1. The van der Waals surface area contributed by atoms with E-state index in [2.05, 4.69) is 4.98 Å². The Balaban J connectivity index is 1.94. The molecule has 1 aromatic carbocycles. The number of carbonyl (C=O) groups is 1. The Labute approximate surface area is 147 Å². The van der Waals surface area contributed by atoms with Crippen LogP contribution in [0.25, 0.3) is 0 Å². The first-order valence-corrected chi connectivity index (χ1v) is 8.42. The van der Waals surface area contributed by atoms with Gasteiger partial charge in [0.25, 0.3) is 5.56 Å². The van der Waals surface area contributed by atoms with Gasteiger partial charge in [-0.1, -0.05) is 26.0 Å². The van der Waals surface area contributed by atoms with Crippen LogP contribution >= 0.6 is 0 Å². The largest absolute Gasteiger partial charge is 0.492 e. The standard InChI is InChI=1S/C19H24N2O4/c1-4-17-20-14(3)12-18(22)21(17)9-10-25-16-7-5-15(6-8-16)11-13(2)19(23)24/h5-8,12-13H,4,9-11H2,1-3H3,(H,23,24). The summed E-state index contributed by atoms with van der Waals surface area (Å²) in [5.74, 6) is 0.230. The Hall–Kier alpha value is -2.63. The van der Waals surface area contributed by atoms with E-state index >= 15 is 0 Å². The maximum atomic E-state index is 12.1. The summed E-state index contributed by atoms with van der Waals surface area (Å²) in [4.78, 5) is 27.4. The first-order valence-electron chi connectivity index (χ1n) is 8.42. The van der Waals surface area contributed by atoms with E-state index in [1.54, 1.807) is 11.5 Å². The van der Waals surface area contributed by atoms with E-state index < -0.39 is 11.9 Å². The first-order chi connectivity index (χ1) is 11.9. The van der Waals surface area contributed by atoms with Crippen LogP contribution in [0.2, 0.25) is 0 Å². The SMILES string of the molecule is CCc1nc(C)cc(=O)n1CCOc1ccc(CC(C)C(=O)O)cc1. The minimum Gasteiger partial charge on any atom is -0.492 e. The number of hydrogen-bond donors (Lipinski definition) is 1. The molecular weight excluding hydrogens is 320 g/mol. The summed E-state index contributed by atoms with van der Waals surface area (Å²) in [5.41, 5.74) is 1.62. The molecular formula is C19H24N2O4. The molecule has 0 aliphatic rings. The van der Waals surface area contributed by atoms with Crippen LogP contribution in [-0.4, -0.2) is 27.2 Å². The number of aryl methyl sites for hydroxylation is 2. The van der Waals surface area contributed by atoms with Crippen LogP contribution in [0.5, 0.6) is 5.75 Å². The van der Waals surface area contributed by atoms with Gasteiger partial charge < -0.3 is 9.84 Å². The second kappa shape index (κ2) is 8.46. The molecule has 1 unspecified atom stereocenters. The zero-order valence-electron chi connectivity index (χ0n) is 14.9. The zero-order chi connectivity index (χ0) is 18.4. The van der Waals surface area contributed by atoms with Crippen LogP contribution in [0, 0.1) is 12.8 Å². The minimum atomic E-state index is -0.802. The molecule has 134 valence electrons. The van der Waals surface area contributed by atoms with Crippen molar-refractivity contribution in [3.63, 3.8) is 0 Å². The number of carboxylic acid groups (broad SMARTS) is 1. The second-order valence-electron chi connectivity index (χ2n) is 6.09. The number of carboxylic acids is 1. The van der Waals surface area contributed by atoms with E-state index in [9.17, 15) is 9.59 Å². The third-order valence-corrected chi connectivity index (χ3v) is 4.00. The molecule has 6 heteroatoms. The maximum absolute atomic E-state index is 12.1. The highest BCUT2D eigenvalue weighted by Crippen LogP contribution is 2.15.